The Hall–Kier alpha value is -2.50. The van der Waals surface area contributed by atoms with Crippen molar-refractivity contribution in [2.75, 3.05) is 6.61 Å². The van der Waals surface area contributed by atoms with Crippen LogP contribution in [0.15, 0.2) is 53.8 Å². The van der Waals surface area contributed by atoms with Crippen molar-refractivity contribution in [3.63, 3.8) is 0 Å². The number of hydrazone groups is 1. The third-order valence-corrected chi connectivity index (χ3v) is 3.80. The summed E-state index contributed by atoms with van der Waals surface area (Å²) in [7, 11) is 0. The number of benzene rings is 2. The number of para-hydroxylation sites is 1. The van der Waals surface area contributed by atoms with Gasteiger partial charge in [-0.2, -0.15) is 5.10 Å². The highest BCUT2D eigenvalue weighted by Crippen LogP contribution is 2.27. The number of fused-ring (bicyclic) bond motifs is 1. The van der Waals surface area contributed by atoms with Gasteiger partial charge in [0.15, 0.2) is 6.61 Å². The van der Waals surface area contributed by atoms with Gasteiger partial charge in [0.2, 0.25) is 0 Å². The van der Waals surface area contributed by atoms with Crippen LogP contribution in [0.3, 0.4) is 0 Å². The Morgan fingerprint density at radius 3 is 2.92 bits per heavy atom. The Morgan fingerprint density at radius 1 is 1.25 bits per heavy atom. The minimum absolute atomic E-state index is 0.202. The van der Waals surface area contributed by atoms with Gasteiger partial charge in [-0.3, -0.25) is 4.79 Å². The predicted molar refractivity (Wildman–Crippen MR) is 96.0 cm³/mol. The quantitative estimate of drug-likeness (QED) is 0.532. The van der Waals surface area contributed by atoms with E-state index in [1.165, 1.54) is 0 Å². The van der Waals surface area contributed by atoms with Gasteiger partial charge in [-0.1, -0.05) is 41.4 Å². The molecule has 0 saturated carbocycles. The molecule has 0 unspecified atom stereocenters. The monoisotopic (exact) mass is 361 g/mol. The van der Waals surface area contributed by atoms with E-state index in [2.05, 4.69) is 15.5 Å². The van der Waals surface area contributed by atoms with Gasteiger partial charge in [0, 0.05) is 27.7 Å². The van der Waals surface area contributed by atoms with Crippen molar-refractivity contribution in [2.24, 2.45) is 5.10 Å². The van der Waals surface area contributed by atoms with E-state index in [1.54, 1.807) is 24.4 Å². The number of carbonyl (C=O) groups excluding carboxylic acids is 1. The first-order chi connectivity index (χ1) is 11.6. The molecule has 0 radical (unpaired) electrons. The molecule has 5 nitrogen and oxygen atoms in total. The van der Waals surface area contributed by atoms with Gasteiger partial charge < -0.3 is 9.72 Å². The molecule has 1 amide bonds. The fourth-order valence-electron chi connectivity index (χ4n) is 2.14. The number of amides is 1. The summed E-state index contributed by atoms with van der Waals surface area (Å²) in [6, 6.07) is 12.6. The van der Waals surface area contributed by atoms with Crippen molar-refractivity contribution < 1.29 is 9.53 Å². The average molecular weight is 362 g/mol. The molecule has 0 saturated heterocycles. The maximum absolute atomic E-state index is 11.8. The van der Waals surface area contributed by atoms with Gasteiger partial charge in [-0.15, -0.1) is 0 Å². The van der Waals surface area contributed by atoms with Crippen LogP contribution in [0.5, 0.6) is 5.75 Å². The van der Waals surface area contributed by atoms with Crippen molar-refractivity contribution in [3.8, 4) is 5.75 Å². The lowest BCUT2D eigenvalue weighted by Gasteiger charge is -2.06. The van der Waals surface area contributed by atoms with Crippen molar-refractivity contribution >= 4 is 46.2 Å². The summed E-state index contributed by atoms with van der Waals surface area (Å²) in [6.45, 7) is -0.202. The second-order valence-corrected chi connectivity index (χ2v) is 5.79. The van der Waals surface area contributed by atoms with Crippen LogP contribution in [0.25, 0.3) is 10.9 Å². The summed E-state index contributed by atoms with van der Waals surface area (Å²) in [5, 5.41) is 5.81. The maximum Gasteiger partial charge on any atom is 0.277 e. The third-order valence-electron chi connectivity index (χ3n) is 3.27. The molecular formula is C17H13Cl2N3O2. The molecule has 0 aliphatic heterocycles. The molecule has 2 aromatic carbocycles. The molecule has 0 atom stereocenters. The zero-order chi connectivity index (χ0) is 16.9. The largest absolute Gasteiger partial charge is 0.482 e. The third kappa shape index (κ3) is 3.88. The van der Waals surface area contributed by atoms with Crippen LogP contribution in [-0.2, 0) is 4.79 Å². The van der Waals surface area contributed by atoms with Crippen LogP contribution in [0.2, 0.25) is 10.0 Å². The van der Waals surface area contributed by atoms with E-state index in [1.807, 2.05) is 30.5 Å². The molecule has 0 spiro atoms. The lowest BCUT2D eigenvalue weighted by molar-refractivity contribution is -0.123. The second-order valence-electron chi connectivity index (χ2n) is 4.95. The minimum atomic E-state index is -0.392. The number of nitrogens with zero attached hydrogens (tertiary/aromatic N) is 1. The van der Waals surface area contributed by atoms with Crippen LogP contribution < -0.4 is 10.2 Å². The van der Waals surface area contributed by atoms with Crippen LogP contribution in [0.4, 0.5) is 0 Å². The number of H-pyrrole nitrogens is 1. The van der Waals surface area contributed by atoms with Gasteiger partial charge in [0.1, 0.15) is 5.75 Å². The number of halogens is 2. The number of aromatic amines is 1. The zero-order valence-corrected chi connectivity index (χ0v) is 13.9. The maximum atomic E-state index is 11.8. The number of hydrogen-bond donors (Lipinski definition) is 2. The lowest BCUT2D eigenvalue weighted by atomic mass is 10.2. The molecule has 2 N–H and O–H groups in total. The van der Waals surface area contributed by atoms with E-state index in [4.69, 9.17) is 27.9 Å². The highest BCUT2D eigenvalue weighted by Gasteiger charge is 2.06. The molecule has 24 heavy (non-hydrogen) atoms. The molecule has 0 bridgehead atoms. The summed E-state index contributed by atoms with van der Waals surface area (Å²) in [5.41, 5.74) is 4.30. The summed E-state index contributed by atoms with van der Waals surface area (Å²) >= 11 is 11.8. The summed E-state index contributed by atoms with van der Waals surface area (Å²) < 4.78 is 5.33. The number of hydrogen-bond acceptors (Lipinski definition) is 3. The standard InChI is InChI=1S/C17H13Cl2N3O2/c18-12-5-6-16(14(19)7-12)24-10-17(23)22-21-9-11-8-20-15-4-2-1-3-13(11)15/h1-9,20H,10H2,(H,22,23). The Bertz CT molecular complexity index is 906. The molecular weight excluding hydrogens is 349 g/mol. The van der Waals surface area contributed by atoms with Crippen LogP contribution in [-0.4, -0.2) is 23.7 Å². The molecule has 7 heteroatoms. The Balaban J connectivity index is 1.55. The molecule has 1 aromatic heterocycles. The summed E-state index contributed by atoms with van der Waals surface area (Å²) in [5.74, 6) is -0.00562. The van der Waals surface area contributed by atoms with Gasteiger partial charge in [-0.05, 0) is 24.3 Å². The zero-order valence-electron chi connectivity index (χ0n) is 12.4. The SMILES string of the molecule is O=C(COc1ccc(Cl)cc1Cl)NN=Cc1c[nH]c2ccccc12. The smallest absolute Gasteiger partial charge is 0.277 e. The second kappa shape index (κ2) is 7.38. The summed E-state index contributed by atoms with van der Waals surface area (Å²) in [4.78, 5) is 14.9. The van der Waals surface area contributed by atoms with Gasteiger partial charge in [0.05, 0.1) is 11.2 Å². The van der Waals surface area contributed by atoms with Crippen molar-refractivity contribution in [3.05, 3.63) is 64.3 Å². The first-order valence-corrected chi connectivity index (χ1v) is 7.85. The fraction of sp³-hybridized carbons (Fsp3) is 0.0588. The highest BCUT2D eigenvalue weighted by atomic mass is 35.5. The fourth-order valence-corrected chi connectivity index (χ4v) is 2.61. The molecule has 0 aliphatic carbocycles. The van der Waals surface area contributed by atoms with Crippen LogP contribution >= 0.6 is 23.2 Å². The van der Waals surface area contributed by atoms with E-state index in [-0.39, 0.29) is 6.61 Å². The number of carbonyl (C=O) groups is 1. The number of nitrogens with one attached hydrogen (secondary N) is 2. The molecule has 0 aliphatic rings. The highest BCUT2D eigenvalue weighted by molar-refractivity contribution is 6.35. The first kappa shape index (κ1) is 16.4. The molecule has 122 valence electrons. The Labute approximate surface area is 148 Å². The van der Waals surface area contributed by atoms with Crippen molar-refractivity contribution in [1.29, 1.82) is 0 Å². The van der Waals surface area contributed by atoms with Gasteiger partial charge in [0.25, 0.3) is 5.91 Å². The van der Waals surface area contributed by atoms with E-state index < -0.39 is 5.91 Å². The van der Waals surface area contributed by atoms with Gasteiger partial charge in [-0.25, -0.2) is 5.43 Å². The van der Waals surface area contributed by atoms with E-state index >= 15 is 0 Å². The predicted octanol–water partition coefficient (Wildman–Crippen LogP) is 4.00. The Kier molecular flexibility index (Phi) is 5.03. The number of ether oxygens (including phenoxy) is 1. The Morgan fingerprint density at radius 2 is 2.08 bits per heavy atom. The summed E-state index contributed by atoms with van der Waals surface area (Å²) in [6.07, 6.45) is 3.40. The molecule has 0 fully saturated rings. The average Bonchev–Trinajstić information content (AvgIpc) is 2.97. The first-order valence-electron chi connectivity index (χ1n) is 7.09. The molecule has 3 aromatic rings. The number of aromatic nitrogens is 1. The molecule has 1 heterocycles. The normalized spacial score (nSPS) is 11.1. The minimum Gasteiger partial charge on any atom is -0.482 e. The van der Waals surface area contributed by atoms with Crippen molar-refractivity contribution in [2.45, 2.75) is 0 Å². The van der Waals surface area contributed by atoms with Gasteiger partial charge >= 0.3 is 0 Å². The van der Waals surface area contributed by atoms with Crippen LogP contribution in [0.1, 0.15) is 5.56 Å². The van der Waals surface area contributed by atoms with Crippen molar-refractivity contribution in [1.82, 2.24) is 10.4 Å². The van der Waals surface area contributed by atoms with E-state index in [0.29, 0.717) is 15.8 Å². The van der Waals surface area contributed by atoms with E-state index in [9.17, 15) is 4.79 Å². The topological polar surface area (TPSA) is 66.5 Å². The molecule has 3 rings (SSSR count). The number of rotatable bonds is 5. The van der Waals surface area contributed by atoms with Crippen LogP contribution in [0, 0.1) is 0 Å². The lowest BCUT2D eigenvalue weighted by Crippen LogP contribution is -2.24. The van der Waals surface area contributed by atoms with E-state index in [0.717, 1.165) is 16.5 Å².